The minimum atomic E-state index is -4.42. The van der Waals surface area contributed by atoms with E-state index in [1.165, 1.54) is 13.3 Å². The Hall–Kier alpha value is -3.10. The fourth-order valence-electron chi connectivity index (χ4n) is 3.41. The van der Waals surface area contributed by atoms with Crippen LogP contribution in [0.4, 0.5) is 24.9 Å². The predicted molar refractivity (Wildman–Crippen MR) is 111 cm³/mol. The Morgan fingerprint density at radius 1 is 1.22 bits per heavy atom. The molecule has 1 aliphatic rings. The molecule has 3 rings (SSSR count). The second kappa shape index (κ2) is 10.0. The van der Waals surface area contributed by atoms with Crippen LogP contribution in [-0.2, 0) is 0 Å². The molecule has 0 aromatic carbocycles. The largest absolute Gasteiger partial charge is 0.481 e. The number of nitrogens with one attached hydrogen (secondary N) is 2. The van der Waals surface area contributed by atoms with E-state index in [4.69, 9.17) is 4.74 Å². The van der Waals surface area contributed by atoms with Crippen LogP contribution >= 0.6 is 0 Å². The van der Waals surface area contributed by atoms with Gasteiger partial charge in [-0.2, -0.15) is 18.2 Å². The average molecular weight is 451 g/mol. The number of ether oxygens (including phenoxy) is 1. The molecule has 32 heavy (non-hydrogen) atoms. The molecule has 2 aromatic rings. The van der Waals surface area contributed by atoms with Crippen molar-refractivity contribution in [1.82, 2.24) is 15.0 Å². The van der Waals surface area contributed by atoms with E-state index < -0.39 is 18.8 Å². The summed E-state index contributed by atoms with van der Waals surface area (Å²) < 4.78 is 42.9. The molecular weight excluding hydrogens is 427 g/mol. The maximum atomic E-state index is 12.6. The Labute approximate surface area is 183 Å². The maximum Gasteiger partial charge on any atom is 0.405 e. The van der Waals surface area contributed by atoms with Gasteiger partial charge in [-0.15, -0.1) is 0 Å². The van der Waals surface area contributed by atoms with Gasteiger partial charge in [0.15, 0.2) is 0 Å². The van der Waals surface area contributed by atoms with Crippen LogP contribution in [-0.4, -0.2) is 63.7 Å². The van der Waals surface area contributed by atoms with E-state index in [0.29, 0.717) is 35.5 Å². The summed E-state index contributed by atoms with van der Waals surface area (Å²) in [6.07, 6.45) is -2.71. The number of halogens is 3. The number of aliphatic hydroxyl groups is 2. The van der Waals surface area contributed by atoms with E-state index in [0.717, 1.165) is 0 Å². The molecule has 1 fully saturated rings. The van der Waals surface area contributed by atoms with Gasteiger partial charge >= 0.3 is 6.18 Å². The summed E-state index contributed by atoms with van der Waals surface area (Å²) in [5.41, 5.74) is 1.41. The standard InChI is InChI=1S/C21H24F3N5O3/c1-12-16(5-3-13-4-6-18(32-2)25-9-13)19(28-15-7-14(10-30)17(31)8-15)29-20(27-12)26-11-21(22,23)24/h4,6,9,14-15,17,30-31H,7-8,10-11H2,1-2H3,(H2,26,27,28,29)/t14-,15-,17+/m1/s1. The first-order valence-corrected chi connectivity index (χ1v) is 9.95. The number of aliphatic hydroxyl groups excluding tert-OH is 2. The fraction of sp³-hybridized carbons (Fsp3) is 0.476. The van der Waals surface area contributed by atoms with Gasteiger partial charge in [0.25, 0.3) is 0 Å². The molecule has 8 nitrogen and oxygen atoms in total. The first-order chi connectivity index (χ1) is 15.2. The monoisotopic (exact) mass is 451 g/mol. The Kier molecular flexibility index (Phi) is 7.37. The van der Waals surface area contributed by atoms with Crippen LogP contribution in [0, 0.1) is 24.7 Å². The molecule has 0 spiro atoms. The number of pyridine rings is 1. The number of rotatable bonds is 6. The SMILES string of the molecule is COc1ccc(C#Cc2c(C)nc(NCC(F)(F)F)nc2N[C@@H]2C[C@H](CO)[C@@H](O)C2)cn1. The van der Waals surface area contributed by atoms with Crippen LogP contribution < -0.4 is 15.4 Å². The Morgan fingerprint density at radius 2 is 2.00 bits per heavy atom. The van der Waals surface area contributed by atoms with Crippen LogP contribution in [0.15, 0.2) is 18.3 Å². The minimum absolute atomic E-state index is 0.155. The quantitative estimate of drug-likeness (QED) is 0.494. The highest BCUT2D eigenvalue weighted by atomic mass is 19.4. The number of anilines is 2. The zero-order valence-electron chi connectivity index (χ0n) is 17.6. The van der Waals surface area contributed by atoms with Crippen LogP contribution in [0.2, 0.25) is 0 Å². The van der Waals surface area contributed by atoms with E-state index in [2.05, 4.69) is 37.4 Å². The average Bonchev–Trinajstić information content (AvgIpc) is 3.10. The van der Waals surface area contributed by atoms with Crippen molar-refractivity contribution in [3.05, 3.63) is 35.2 Å². The molecular formula is C21H24F3N5O3. The topological polar surface area (TPSA) is 112 Å². The number of aromatic nitrogens is 3. The molecule has 4 N–H and O–H groups in total. The van der Waals surface area contributed by atoms with E-state index >= 15 is 0 Å². The van der Waals surface area contributed by atoms with E-state index in [9.17, 15) is 23.4 Å². The third-order valence-corrected chi connectivity index (χ3v) is 5.05. The zero-order chi connectivity index (χ0) is 23.3. The summed E-state index contributed by atoms with van der Waals surface area (Å²) in [6.45, 7) is 0.197. The van der Waals surface area contributed by atoms with E-state index in [1.54, 1.807) is 19.1 Å². The van der Waals surface area contributed by atoms with Gasteiger partial charge in [-0.3, -0.25) is 0 Å². The van der Waals surface area contributed by atoms with Crippen molar-refractivity contribution in [2.24, 2.45) is 5.92 Å². The fourth-order valence-corrected chi connectivity index (χ4v) is 3.41. The molecule has 1 aliphatic carbocycles. The van der Waals surface area contributed by atoms with Gasteiger partial charge < -0.3 is 25.6 Å². The summed E-state index contributed by atoms with van der Waals surface area (Å²) in [6, 6.07) is 3.15. The van der Waals surface area contributed by atoms with E-state index in [1.807, 2.05) is 0 Å². The number of hydrogen-bond acceptors (Lipinski definition) is 8. The molecule has 2 aromatic heterocycles. The van der Waals surface area contributed by atoms with Crippen molar-refractivity contribution in [1.29, 1.82) is 0 Å². The van der Waals surface area contributed by atoms with Gasteiger partial charge in [0.1, 0.15) is 12.4 Å². The Bertz CT molecular complexity index is 989. The predicted octanol–water partition coefficient (Wildman–Crippen LogP) is 2.11. The minimum Gasteiger partial charge on any atom is -0.481 e. The molecule has 0 saturated heterocycles. The number of hydrogen-bond donors (Lipinski definition) is 4. The lowest BCUT2D eigenvalue weighted by Crippen LogP contribution is -2.24. The second-order valence-corrected chi connectivity index (χ2v) is 7.49. The number of aryl methyl sites for hydroxylation is 1. The molecule has 0 amide bonds. The lowest BCUT2D eigenvalue weighted by molar-refractivity contribution is -0.115. The van der Waals surface area contributed by atoms with E-state index in [-0.39, 0.29) is 30.3 Å². The van der Waals surface area contributed by atoms with Crippen LogP contribution in [0.5, 0.6) is 5.88 Å². The highest BCUT2D eigenvalue weighted by Crippen LogP contribution is 2.29. The van der Waals surface area contributed by atoms with Crippen LogP contribution in [0.3, 0.4) is 0 Å². The van der Waals surface area contributed by atoms with Gasteiger partial charge in [0, 0.05) is 36.4 Å². The van der Waals surface area contributed by atoms with Crippen molar-refractivity contribution in [3.63, 3.8) is 0 Å². The van der Waals surface area contributed by atoms with Crippen molar-refractivity contribution in [3.8, 4) is 17.7 Å². The number of alkyl halides is 3. The lowest BCUT2D eigenvalue weighted by atomic mass is 10.1. The maximum absolute atomic E-state index is 12.6. The zero-order valence-corrected chi connectivity index (χ0v) is 17.6. The summed E-state index contributed by atoms with van der Waals surface area (Å²) in [5, 5.41) is 24.8. The Morgan fingerprint density at radius 3 is 2.59 bits per heavy atom. The van der Waals surface area contributed by atoms with Gasteiger partial charge in [-0.05, 0) is 25.8 Å². The molecule has 0 bridgehead atoms. The van der Waals surface area contributed by atoms with Crippen LogP contribution in [0.1, 0.15) is 29.7 Å². The highest BCUT2D eigenvalue weighted by Gasteiger charge is 2.33. The normalized spacial score (nSPS) is 20.4. The van der Waals surface area contributed by atoms with Gasteiger partial charge in [-0.1, -0.05) is 11.8 Å². The van der Waals surface area contributed by atoms with Gasteiger partial charge in [0.2, 0.25) is 11.8 Å². The summed E-state index contributed by atoms with van der Waals surface area (Å²) in [5.74, 6) is 6.14. The third-order valence-electron chi connectivity index (χ3n) is 5.05. The molecule has 0 unspecified atom stereocenters. The first kappa shape index (κ1) is 23.6. The van der Waals surface area contributed by atoms with Gasteiger partial charge in [0.05, 0.1) is 24.5 Å². The van der Waals surface area contributed by atoms with Crippen molar-refractivity contribution in [2.45, 2.75) is 38.1 Å². The molecule has 0 radical (unpaired) electrons. The smallest absolute Gasteiger partial charge is 0.405 e. The van der Waals surface area contributed by atoms with Crippen molar-refractivity contribution in [2.75, 3.05) is 30.9 Å². The highest BCUT2D eigenvalue weighted by molar-refractivity contribution is 5.60. The second-order valence-electron chi connectivity index (χ2n) is 7.49. The Balaban J connectivity index is 1.91. The van der Waals surface area contributed by atoms with Crippen molar-refractivity contribution < 1.29 is 28.1 Å². The summed E-state index contributed by atoms with van der Waals surface area (Å²) in [4.78, 5) is 12.4. The molecule has 0 aliphatic heterocycles. The van der Waals surface area contributed by atoms with Crippen molar-refractivity contribution >= 4 is 11.8 Å². The molecule has 11 heteroatoms. The number of methoxy groups -OCH3 is 1. The molecule has 172 valence electrons. The number of nitrogens with zero attached hydrogens (tertiary/aromatic N) is 3. The van der Waals surface area contributed by atoms with Gasteiger partial charge in [-0.25, -0.2) is 9.97 Å². The molecule has 2 heterocycles. The molecule has 1 saturated carbocycles. The first-order valence-electron chi connectivity index (χ1n) is 9.95. The lowest BCUT2D eigenvalue weighted by Gasteiger charge is -2.17. The summed E-state index contributed by atoms with van der Waals surface area (Å²) >= 11 is 0. The van der Waals surface area contributed by atoms with Crippen LogP contribution in [0.25, 0.3) is 0 Å². The molecule has 3 atom stereocenters. The third kappa shape index (κ3) is 6.21. The summed E-state index contributed by atoms with van der Waals surface area (Å²) in [7, 11) is 1.50.